The normalized spacial score (nSPS) is 15.5. The molecule has 0 atom stereocenters. The molecule has 1 saturated heterocycles. The van der Waals surface area contributed by atoms with E-state index in [0.717, 1.165) is 50.6 Å². The first-order valence-electron chi connectivity index (χ1n) is 11.8. The molecule has 2 heterocycles. The number of carbonyl (C=O) groups excluding carboxylic acids is 1. The number of thiocarbonyl (C=S) groups is 1. The maximum Gasteiger partial charge on any atom is 0.257 e. The number of benzene rings is 2. The predicted molar refractivity (Wildman–Crippen MR) is 142 cm³/mol. The summed E-state index contributed by atoms with van der Waals surface area (Å²) in [5.74, 6) is 1.61. The molecule has 182 valence electrons. The first-order valence-corrected chi connectivity index (χ1v) is 12.6. The van der Waals surface area contributed by atoms with Crippen LogP contribution < -0.4 is 20.1 Å². The number of piperidine rings is 1. The van der Waals surface area contributed by atoms with Crippen molar-refractivity contribution in [2.75, 3.05) is 25.5 Å². The monoisotopic (exact) mass is 510 g/mol. The van der Waals surface area contributed by atoms with Crippen LogP contribution in [0.2, 0.25) is 5.02 Å². The highest BCUT2D eigenvalue weighted by atomic mass is 35.5. The third kappa shape index (κ3) is 5.44. The fourth-order valence-corrected chi connectivity index (χ4v) is 4.69. The van der Waals surface area contributed by atoms with Gasteiger partial charge in [0.1, 0.15) is 17.2 Å². The van der Waals surface area contributed by atoms with Crippen LogP contribution in [-0.2, 0) is 0 Å². The Morgan fingerprint density at radius 3 is 2.63 bits per heavy atom. The molecule has 2 aromatic carbocycles. The fourth-order valence-electron chi connectivity index (χ4n) is 4.20. The molecule has 2 fully saturated rings. The molecule has 1 aliphatic carbocycles. The number of nitrogens with zero attached hydrogens (tertiary/aromatic N) is 2. The van der Waals surface area contributed by atoms with Gasteiger partial charge in [0, 0.05) is 42.8 Å². The Kier molecular flexibility index (Phi) is 6.92. The number of hydrogen-bond donors (Lipinski definition) is 2. The average Bonchev–Trinajstić information content (AvgIpc) is 3.69. The zero-order valence-electron chi connectivity index (χ0n) is 19.5. The number of carbonyl (C=O) groups is 1. The smallest absolute Gasteiger partial charge is 0.257 e. The van der Waals surface area contributed by atoms with E-state index in [0.29, 0.717) is 50.2 Å². The molecular weight excluding hydrogens is 484 g/mol. The van der Waals surface area contributed by atoms with Crippen LogP contribution >= 0.6 is 23.8 Å². The predicted octanol–water partition coefficient (Wildman–Crippen LogP) is 5.76. The molecule has 0 radical (unpaired) electrons. The number of rotatable bonds is 6. The Balaban J connectivity index is 1.41. The maximum atomic E-state index is 13.3. The zero-order chi connectivity index (χ0) is 24.4. The van der Waals surface area contributed by atoms with Crippen molar-refractivity contribution < 1.29 is 14.3 Å². The van der Waals surface area contributed by atoms with Crippen LogP contribution in [0.1, 0.15) is 42.5 Å². The Morgan fingerprint density at radius 1 is 1.11 bits per heavy atom. The van der Waals surface area contributed by atoms with Gasteiger partial charge >= 0.3 is 0 Å². The van der Waals surface area contributed by atoms with Crippen molar-refractivity contribution >= 4 is 51.4 Å². The molecule has 1 aromatic heterocycles. The molecule has 7 nitrogen and oxygen atoms in total. The molecule has 3 aromatic rings. The second-order valence-electron chi connectivity index (χ2n) is 8.85. The Bertz CT molecular complexity index is 1270. The van der Waals surface area contributed by atoms with Gasteiger partial charge in [0.05, 0.1) is 28.9 Å². The highest BCUT2D eigenvalue weighted by Crippen LogP contribution is 2.36. The van der Waals surface area contributed by atoms with Gasteiger partial charge in [-0.25, -0.2) is 0 Å². The van der Waals surface area contributed by atoms with Gasteiger partial charge in [-0.15, -0.1) is 0 Å². The summed E-state index contributed by atoms with van der Waals surface area (Å²) in [4.78, 5) is 19.6. The Morgan fingerprint density at radius 2 is 1.91 bits per heavy atom. The van der Waals surface area contributed by atoms with E-state index in [-0.39, 0.29) is 5.91 Å². The van der Waals surface area contributed by atoms with Crippen molar-refractivity contribution in [1.29, 1.82) is 0 Å². The fraction of sp³-hybridized carbons (Fsp3) is 0.346. The van der Waals surface area contributed by atoms with Crippen LogP contribution in [0.25, 0.3) is 10.9 Å². The van der Waals surface area contributed by atoms with E-state index in [1.165, 1.54) is 0 Å². The Labute approximate surface area is 214 Å². The highest BCUT2D eigenvalue weighted by molar-refractivity contribution is 7.80. The van der Waals surface area contributed by atoms with Gasteiger partial charge in [0.15, 0.2) is 5.11 Å². The largest absolute Gasteiger partial charge is 0.496 e. The van der Waals surface area contributed by atoms with Crippen LogP contribution in [0.15, 0.2) is 42.6 Å². The molecule has 0 unspecified atom stereocenters. The molecule has 1 amide bonds. The van der Waals surface area contributed by atoms with Gasteiger partial charge in [-0.05, 0) is 68.6 Å². The van der Waals surface area contributed by atoms with Crippen LogP contribution in [0.4, 0.5) is 5.69 Å². The molecule has 9 heteroatoms. The summed E-state index contributed by atoms with van der Waals surface area (Å²) in [6.45, 7) is 1.52. The quantitative estimate of drug-likeness (QED) is 0.408. The summed E-state index contributed by atoms with van der Waals surface area (Å²) in [6, 6.07) is 11.2. The second kappa shape index (κ2) is 10.3. The number of amides is 1. The van der Waals surface area contributed by atoms with Crippen LogP contribution in [-0.4, -0.2) is 47.1 Å². The number of hydrogen-bond acceptors (Lipinski definition) is 5. The lowest BCUT2D eigenvalue weighted by atomic mass is 10.1. The van der Waals surface area contributed by atoms with Gasteiger partial charge in [0.25, 0.3) is 5.91 Å². The van der Waals surface area contributed by atoms with Crippen molar-refractivity contribution in [2.45, 2.75) is 38.1 Å². The van der Waals surface area contributed by atoms with Crippen molar-refractivity contribution in [3.63, 3.8) is 0 Å². The van der Waals surface area contributed by atoms with Gasteiger partial charge in [0.2, 0.25) is 0 Å². The summed E-state index contributed by atoms with van der Waals surface area (Å²) >= 11 is 11.8. The third-order valence-electron chi connectivity index (χ3n) is 6.23. The number of pyridine rings is 1. The summed E-state index contributed by atoms with van der Waals surface area (Å²) in [6.07, 6.45) is 7.14. The van der Waals surface area contributed by atoms with E-state index in [9.17, 15) is 4.79 Å². The molecule has 35 heavy (non-hydrogen) atoms. The summed E-state index contributed by atoms with van der Waals surface area (Å²) in [7, 11) is 1.57. The van der Waals surface area contributed by atoms with Gasteiger partial charge in [-0.3, -0.25) is 9.78 Å². The number of aromatic nitrogens is 1. The molecular formula is C26H27ClN4O3S. The van der Waals surface area contributed by atoms with E-state index < -0.39 is 0 Å². The summed E-state index contributed by atoms with van der Waals surface area (Å²) in [5.41, 5.74) is 1.89. The standard InChI is InChI=1S/C26H27ClN4O3S/c1-33-24-15-22-18(14-19(24)25(32)31-11-3-2-4-12-31)23(9-10-28-22)34-17-7-8-21(20(27)13-17)30-26(35)29-16-5-6-16/h7-10,13-16H,2-6,11-12H2,1H3,(H2,29,30,35). The lowest BCUT2D eigenvalue weighted by Gasteiger charge is -2.27. The molecule has 0 bridgehead atoms. The number of nitrogens with one attached hydrogen (secondary N) is 2. The summed E-state index contributed by atoms with van der Waals surface area (Å²) in [5, 5.41) is 8.14. The van der Waals surface area contributed by atoms with E-state index in [1.807, 2.05) is 23.1 Å². The highest BCUT2D eigenvalue weighted by Gasteiger charge is 2.24. The minimum absolute atomic E-state index is 0.0347. The van der Waals surface area contributed by atoms with Crippen LogP contribution in [0.5, 0.6) is 17.2 Å². The lowest BCUT2D eigenvalue weighted by molar-refractivity contribution is 0.0721. The SMILES string of the molecule is COc1cc2nccc(Oc3ccc(NC(=S)NC4CC4)c(Cl)c3)c2cc1C(=O)N1CCCCC1. The summed E-state index contributed by atoms with van der Waals surface area (Å²) < 4.78 is 11.7. The minimum atomic E-state index is -0.0347. The topological polar surface area (TPSA) is 75.7 Å². The first-order chi connectivity index (χ1) is 17.0. The van der Waals surface area contributed by atoms with Gasteiger partial charge in [-0.1, -0.05) is 11.6 Å². The first kappa shape index (κ1) is 23.6. The number of likely N-dealkylation sites (tertiary alicyclic amines) is 1. The van der Waals surface area contributed by atoms with Crippen molar-refractivity contribution in [3.8, 4) is 17.2 Å². The average molecular weight is 511 g/mol. The van der Waals surface area contributed by atoms with Gasteiger partial charge in [-0.2, -0.15) is 0 Å². The van der Waals surface area contributed by atoms with E-state index in [1.54, 1.807) is 31.5 Å². The van der Waals surface area contributed by atoms with E-state index in [4.69, 9.17) is 33.3 Å². The molecule has 1 saturated carbocycles. The maximum absolute atomic E-state index is 13.3. The minimum Gasteiger partial charge on any atom is -0.496 e. The van der Waals surface area contributed by atoms with Crippen molar-refractivity contribution in [3.05, 3.63) is 53.2 Å². The number of ether oxygens (including phenoxy) is 2. The number of methoxy groups -OCH3 is 1. The molecule has 1 aliphatic heterocycles. The zero-order valence-corrected chi connectivity index (χ0v) is 21.0. The third-order valence-corrected chi connectivity index (χ3v) is 6.76. The second-order valence-corrected chi connectivity index (χ2v) is 9.66. The number of fused-ring (bicyclic) bond motifs is 1. The lowest BCUT2D eigenvalue weighted by Crippen LogP contribution is -2.35. The molecule has 0 spiro atoms. The molecule has 5 rings (SSSR count). The van der Waals surface area contributed by atoms with E-state index in [2.05, 4.69) is 15.6 Å². The van der Waals surface area contributed by atoms with Crippen molar-refractivity contribution in [1.82, 2.24) is 15.2 Å². The molecule has 2 aliphatic rings. The van der Waals surface area contributed by atoms with Gasteiger partial charge < -0.3 is 25.0 Å². The Hall–Kier alpha value is -3.10. The van der Waals surface area contributed by atoms with E-state index >= 15 is 0 Å². The van der Waals surface area contributed by atoms with Crippen LogP contribution in [0, 0.1) is 0 Å². The molecule has 2 N–H and O–H groups in total. The number of anilines is 1. The van der Waals surface area contributed by atoms with Crippen molar-refractivity contribution in [2.24, 2.45) is 0 Å². The van der Waals surface area contributed by atoms with Crippen LogP contribution in [0.3, 0.4) is 0 Å². The number of halogens is 1.